The van der Waals surface area contributed by atoms with Crippen LogP contribution in [-0.2, 0) is 39.6 Å². The summed E-state index contributed by atoms with van der Waals surface area (Å²) >= 11 is 0. The van der Waals surface area contributed by atoms with Gasteiger partial charge in [-0.1, -0.05) is 13.5 Å². The zero-order valence-corrected chi connectivity index (χ0v) is 20.8. The lowest BCUT2D eigenvalue weighted by Crippen LogP contribution is -2.46. The largest absolute Gasteiger partial charge is 0.508 e. The minimum Gasteiger partial charge on any atom is -0.508 e. The summed E-state index contributed by atoms with van der Waals surface area (Å²) in [7, 11) is 3.85. The highest BCUT2D eigenvalue weighted by Gasteiger charge is 2.49. The predicted octanol–water partition coefficient (Wildman–Crippen LogP) is 2.77. The fourth-order valence-electron chi connectivity index (χ4n) is 5.05. The first-order valence-corrected chi connectivity index (χ1v) is 11.9. The predicted molar refractivity (Wildman–Crippen MR) is 133 cm³/mol. The maximum absolute atomic E-state index is 13.6. The zero-order valence-electron chi connectivity index (χ0n) is 20.8. The van der Waals surface area contributed by atoms with Crippen molar-refractivity contribution in [3.63, 3.8) is 0 Å². The van der Waals surface area contributed by atoms with Gasteiger partial charge in [-0.2, -0.15) is 0 Å². The minimum absolute atomic E-state index is 0.0139. The number of carbonyl (C=O) groups excluding carboxylic acids is 1. The van der Waals surface area contributed by atoms with Crippen molar-refractivity contribution in [2.24, 2.45) is 0 Å². The molecule has 0 saturated heterocycles. The summed E-state index contributed by atoms with van der Waals surface area (Å²) in [5, 5.41) is 21.3. The van der Waals surface area contributed by atoms with E-state index in [9.17, 15) is 19.8 Å². The number of aliphatic hydroxyl groups is 1. The van der Waals surface area contributed by atoms with Gasteiger partial charge in [0.1, 0.15) is 24.2 Å². The second kappa shape index (κ2) is 8.46. The molecule has 3 aromatic rings. The molecule has 2 aliphatic heterocycles. The van der Waals surface area contributed by atoms with Crippen molar-refractivity contribution >= 4 is 16.9 Å². The molecule has 0 aliphatic carbocycles. The van der Waals surface area contributed by atoms with Gasteiger partial charge in [-0.15, -0.1) is 0 Å². The molecule has 36 heavy (non-hydrogen) atoms. The van der Waals surface area contributed by atoms with Crippen LogP contribution in [-0.4, -0.2) is 50.8 Å². The summed E-state index contributed by atoms with van der Waals surface area (Å²) < 4.78 is 13.0. The highest BCUT2D eigenvalue weighted by Crippen LogP contribution is 2.42. The Kier molecular flexibility index (Phi) is 5.65. The maximum Gasteiger partial charge on any atom is 0.355 e. The number of rotatable bonds is 6. The molecule has 4 heterocycles. The van der Waals surface area contributed by atoms with E-state index >= 15 is 0 Å². The van der Waals surface area contributed by atoms with E-state index < -0.39 is 17.7 Å². The van der Waals surface area contributed by atoms with E-state index in [0.717, 1.165) is 16.5 Å². The first-order valence-electron chi connectivity index (χ1n) is 11.9. The first-order chi connectivity index (χ1) is 17.1. The van der Waals surface area contributed by atoms with Crippen molar-refractivity contribution in [3.05, 3.63) is 69.2 Å². The SMILES string of the molecule is C=C(O[C@]1(CC)C(=O)OCc2c1cc1n(c2=O)Cc2cc3c(CN(C)C)c(O)ccc3nc2-1)[C@@H](C)O. The number of benzene rings is 1. The Hall–Kier alpha value is -3.69. The summed E-state index contributed by atoms with van der Waals surface area (Å²) in [6, 6.07) is 7.14. The number of aromatic hydroxyl groups is 1. The maximum atomic E-state index is 13.6. The third kappa shape index (κ3) is 3.50. The molecule has 0 amide bonds. The Balaban J connectivity index is 1.72. The number of pyridine rings is 2. The van der Waals surface area contributed by atoms with E-state index in [1.54, 1.807) is 29.7 Å². The molecule has 5 rings (SSSR count). The minimum atomic E-state index is -1.60. The molecule has 0 spiro atoms. The second-order valence-electron chi connectivity index (χ2n) is 9.68. The molecular weight excluding hydrogens is 462 g/mol. The lowest BCUT2D eigenvalue weighted by molar-refractivity contribution is -0.176. The number of fused-ring (bicyclic) bond motifs is 5. The number of carbonyl (C=O) groups is 1. The van der Waals surface area contributed by atoms with Crippen LogP contribution < -0.4 is 5.56 Å². The Labute approximate surface area is 208 Å². The van der Waals surface area contributed by atoms with E-state index in [1.165, 1.54) is 6.92 Å². The highest BCUT2D eigenvalue weighted by molar-refractivity contribution is 5.89. The van der Waals surface area contributed by atoms with Gasteiger partial charge < -0.3 is 29.2 Å². The van der Waals surface area contributed by atoms with Gasteiger partial charge in [-0.3, -0.25) is 4.79 Å². The molecule has 9 nitrogen and oxygen atoms in total. The molecule has 2 atom stereocenters. The van der Waals surface area contributed by atoms with Crippen LogP contribution in [0, 0.1) is 0 Å². The molecular formula is C27H29N3O6. The van der Waals surface area contributed by atoms with E-state index in [0.29, 0.717) is 41.1 Å². The Morgan fingerprint density at radius 2 is 2.08 bits per heavy atom. The van der Waals surface area contributed by atoms with Crippen molar-refractivity contribution in [2.75, 3.05) is 14.1 Å². The number of ether oxygens (including phenoxy) is 2. The van der Waals surface area contributed by atoms with Gasteiger partial charge in [0.15, 0.2) is 0 Å². The average molecular weight is 492 g/mol. The van der Waals surface area contributed by atoms with Crippen molar-refractivity contribution in [2.45, 2.75) is 51.7 Å². The van der Waals surface area contributed by atoms with Gasteiger partial charge in [-0.25, -0.2) is 9.78 Å². The lowest BCUT2D eigenvalue weighted by Gasteiger charge is -2.37. The van der Waals surface area contributed by atoms with E-state index in [-0.39, 0.29) is 30.1 Å². The molecule has 9 heteroatoms. The number of cyclic esters (lactones) is 1. The fraction of sp³-hybridized carbons (Fsp3) is 0.370. The molecule has 0 saturated carbocycles. The first kappa shape index (κ1) is 24.0. The van der Waals surface area contributed by atoms with E-state index in [1.807, 2.05) is 25.1 Å². The summed E-state index contributed by atoms with van der Waals surface area (Å²) in [5.41, 5.74) is 2.40. The Morgan fingerprint density at radius 3 is 2.75 bits per heavy atom. The Bertz CT molecular complexity index is 1490. The summed E-state index contributed by atoms with van der Waals surface area (Å²) in [4.78, 5) is 33.5. The number of esters is 1. The van der Waals surface area contributed by atoms with Gasteiger partial charge in [0.2, 0.25) is 5.60 Å². The summed E-state index contributed by atoms with van der Waals surface area (Å²) in [5.74, 6) is -0.419. The normalized spacial score (nSPS) is 19.0. The van der Waals surface area contributed by atoms with Crippen LogP contribution in [0.4, 0.5) is 0 Å². The number of nitrogens with zero attached hydrogens (tertiary/aromatic N) is 3. The molecule has 1 aromatic carbocycles. The van der Waals surface area contributed by atoms with E-state index in [4.69, 9.17) is 14.5 Å². The summed E-state index contributed by atoms with van der Waals surface area (Å²) in [6.45, 7) is 7.69. The number of phenolic OH excluding ortho intramolecular Hbond substituents is 1. The van der Waals surface area contributed by atoms with Crippen LogP contribution in [0.3, 0.4) is 0 Å². The van der Waals surface area contributed by atoms with Crippen LogP contribution in [0.15, 0.2) is 41.4 Å². The monoisotopic (exact) mass is 491 g/mol. The molecule has 2 aliphatic rings. The lowest BCUT2D eigenvalue weighted by atomic mass is 9.85. The molecule has 2 aromatic heterocycles. The van der Waals surface area contributed by atoms with Crippen LogP contribution in [0.2, 0.25) is 0 Å². The Morgan fingerprint density at radius 1 is 1.33 bits per heavy atom. The van der Waals surface area contributed by atoms with Crippen molar-refractivity contribution in [1.82, 2.24) is 14.5 Å². The molecule has 0 unspecified atom stereocenters. The molecule has 2 N–H and O–H groups in total. The van der Waals surface area contributed by atoms with Gasteiger partial charge in [0.25, 0.3) is 5.56 Å². The molecule has 0 radical (unpaired) electrons. The molecule has 0 bridgehead atoms. The van der Waals surface area contributed by atoms with Gasteiger partial charge in [0.05, 0.1) is 29.0 Å². The number of hydrogen-bond donors (Lipinski definition) is 2. The average Bonchev–Trinajstić information content (AvgIpc) is 3.19. The quantitative estimate of drug-likeness (QED) is 0.313. The second-order valence-corrected chi connectivity index (χ2v) is 9.68. The molecule has 188 valence electrons. The third-order valence-corrected chi connectivity index (χ3v) is 6.99. The van der Waals surface area contributed by atoms with Crippen molar-refractivity contribution in [3.8, 4) is 17.1 Å². The van der Waals surface area contributed by atoms with Crippen LogP contribution >= 0.6 is 0 Å². The highest BCUT2D eigenvalue weighted by atomic mass is 16.6. The summed E-state index contributed by atoms with van der Waals surface area (Å²) in [6.07, 6.45) is -0.831. The smallest absolute Gasteiger partial charge is 0.355 e. The number of phenols is 1. The van der Waals surface area contributed by atoms with Gasteiger partial charge in [-0.05, 0) is 51.7 Å². The topological polar surface area (TPSA) is 114 Å². The number of aliphatic hydroxyl groups excluding tert-OH is 1. The third-order valence-electron chi connectivity index (χ3n) is 6.99. The standard InChI is InChI=1S/C27H29N3O6/c1-6-27(36-15(3)14(2)31)20-10-22-24-16(11-30(22)25(33)19(20)13-35-26(27)34)9-17-18(12-29(4)5)23(32)8-7-21(17)28-24/h7-10,14,31-32H,3,6,11-13H2,1-2,4-5H3/t14-,27+/m1/s1. The van der Waals surface area contributed by atoms with Crippen LogP contribution in [0.25, 0.3) is 22.3 Å². The van der Waals surface area contributed by atoms with Gasteiger partial charge >= 0.3 is 5.97 Å². The molecule has 0 fully saturated rings. The number of hydrogen-bond acceptors (Lipinski definition) is 8. The van der Waals surface area contributed by atoms with Crippen LogP contribution in [0.5, 0.6) is 5.75 Å². The number of aromatic nitrogens is 2. The fourth-order valence-corrected chi connectivity index (χ4v) is 5.05. The van der Waals surface area contributed by atoms with E-state index in [2.05, 4.69) is 6.58 Å². The van der Waals surface area contributed by atoms with Crippen molar-refractivity contribution in [1.29, 1.82) is 0 Å². The van der Waals surface area contributed by atoms with Crippen molar-refractivity contribution < 1.29 is 24.5 Å². The zero-order chi connectivity index (χ0) is 25.9. The van der Waals surface area contributed by atoms with Crippen LogP contribution in [0.1, 0.15) is 42.5 Å². The van der Waals surface area contributed by atoms with Gasteiger partial charge in [0, 0.05) is 28.6 Å².